The first kappa shape index (κ1) is 12.0. The predicted molar refractivity (Wildman–Crippen MR) is 63.3 cm³/mol. The molecule has 0 fully saturated rings. The molecule has 0 aliphatic rings. The van der Waals surface area contributed by atoms with E-state index in [9.17, 15) is 9.59 Å². The molecule has 0 radical (unpaired) electrons. The molecule has 0 unspecified atom stereocenters. The SMILES string of the molecule is C/C=C/C(=O)Nc1ccc(C(=O)NC)cc1. The third-order valence-corrected chi connectivity index (χ3v) is 1.96. The zero-order valence-electron chi connectivity index (χ0n) is 9.28. The largest absolute Gasteiger partial charge is 0.355 e. The molecule has 16 heavy (non-hydrogen) atoms. The minimum Gasteiger partial charge on any atom is -0.355 e. The van der Waals surface area contributed by atoms with Gasteiger partial charge in [0.05, 0.1) is 0 Å². The minimum absolute atomic E-state index is 0.147. The van der Waals surface area contributed by atoms with Crippen LogP contribution in [0.1, 0.15) is 17.3 Å². The Kier molecular flexibility index (Phi) is 4.27. The Labute approximate surface area is 94.4 Å². The summed E-state index contributed by atoms with van der Waals surface area (Å²) < 4.78 is 0. The Morgan fingerprint density at radius 2 is 1.81 bits per heavy atom. The number of nitrogens with one attached hydrogen (secondary N) is 2. The molecule has 0 saturated carbocycles. The molecule has 1 aromatic carbocycles. The van der Waals surface area contributed by atoms with E-state index in [-0.39, 0.29) is 11.8 Å². The number of rotatable bonds is 3. The van der Waals surface area contributed by atoms with Gasteiger partial charge in [0.25, 0.3) is 5.91 Å². The Morgan fingerprint density at radius 1 is 1.19 bits per heavy atom. The Bertz CT molecular complexity index is 408. The molecule has 0 atom stereocenters. The Morgan fingerprint density at radius 3 is 2.31 bits per heavy atom. The van der Waals surface area contributed by atoms with Gasteiger partial charge in [0, 0.05) is 18.3 Å². The van der Waals surface area contributed by atoms with Gasteiger partial charge in [-0.05, 0) is 37.3 Å². The van der Waals surface area contributed by atoms with Crippen LogP contribution in [0.15, 0.2) is 36.4 Å². The standard InChI is InChI=1S/C12H14N2O2/c1-3-4-11(15)14-10-7-5-9(6-8-10)12(16)13-2/h3-8H,1-2H3,(H,13,16)(H,14,15)/b4-3+. The first-order chi connectivity index (χ1) is 7.67. The van der Waals surface area contributed by atoms with Crippen LogP contribution < -0.4 is 10.6 Å². The topological polar surface area (TPSA) is 58.2 Å². The van der Waals surface area contributed by atoms with Crippen molar-refractivity contribution in [2.45, 2.75) is 6.92 Å². The highest BCUT2D eigenvalue weighted by Gasteiger charge is 2.02. The van der Waals surface area contributed by atoms with Crippen molar-refractivity contribution in [1.82, 2.24) is 5.32 Å². The number of hydrogen-bond acceptors (Lipinski definition) is 2. The van der Waals surface area contributed by atoms with E-state index in [4.69, 9.17) is 0 Å². The van der Waals surface area contributed by atoms with Gasteiger partial charge >= 0.3 is 0 Å². The summed E-state index contributed by atoms with van der Waals surface area (Å²) in [6.45, 7) is 1.77. The van der Waals surface area contributed by atoms with Gasteiger partial charge in [-0.15, -0.1) is 0 Å². The van der Waals surface area contributed by atoms with Crippen LogP contribution in [0.3, 0.4) is 0 Å². The van der Waals surface area contributed by atoms with Crippen LogP contribution in [0.25, 0.3) is 0 Å². The predicted octanol–water partition coefficient (Wildman–Crippen LogP) is 1.56. The number of allylic oxidation sites excluding steroid dienone is 1. The highest BCUT2D eigenvalue weighted by Crippen LogP contribution is 2.09. The molecule has 1 rings (SSSR count). The van der Waals surface area contributed by atoms with Gasteiger partial charge in [-0.25, -0.2) is 0 Å². The molecule has 4 heteroatoms. The molecule has 0 saturated heterocycles. The molecule has 0 aliphatic heterocycles. The molecule has 84 valence electrons. The van der Waals surface area contributed by atoms with Crippen LogP contribution in [-0.2, 0) is 4.79 Å². The zero-order chi connectivity index (χ0) is 12.0. The molecular weight excluding hydrogens is 204 g/mol. The van der Waals surface area contributed by atoms with Gasteiger partial charge in [0.15, 0.2) is 0 Å². The van der Waals surface area contributed by atoms with E-state index in [2.05, 4.69) is 10.6 Å². The van der Waals surface area contributed by atoms with Gasteiger partial charge in [-0.1, -0.05) is 6.08 Å². The Hall–Kier alpha value is -2.10. The number of benzene rings is 1. The van der Waals surface area contributed by atoms with E-state index in [0.717, 1.165) is 0 Å². The number of anilines is 1. The number of carbonyl (C=O) groups excluding carboxylic acids is 2. The number of amides is 2. The second-order valence-corrected chi connectivity index (χ2v) is 3.15. The van der Waals surface area contributed by atoms with Crippen molar-refractivity contribution < 1.29 is 9.59 Å². The van der Waals surface area contributed by atoms with Crippen LogP contribution in [-0.4, -0.2) is 18.9 Å². The highest BCUT2D eigenvalue weighted by molar-refractivity contribution is 6.00. The van der Waals surface area contributed by atoms with Gasteiger partial charge in [-0.3, -0.25) is 9.59 Å². The summed E-state index contributed by atoms with van der Waals surface area (Å²) in [5, 5.41) is 5.19. The van der Waals surface area contributed by atoms with Crippen LogP contribution in [0.5, 0.6) is 0 Å². The molecule has 1 aromatic rings. The summed E-state index contributed by atoms with van der Waals surface area (Å²) in [5.74, 6) is -0.332. The fourth-order valence-corrected chi connectivity index (χ4v) is 1.18. The van der Waals surface area contributed by atoms with Crippen molar-refractivity contribution in [3.8, 4) is 0 Å². The molecule has 4 nitrogen and oxygen atoms in total. The van der Waals surface area contributed by atoms with Crippen molar-refractivity contribution in [3.05, 3.63) is 42.0 Å². The maximum atomic E-state index is 11.2. The number of hydrogen-bond donors (Lipinski definition) is 2. The average molecular weight is 218 g/mol. The van der Waals surface area contributed by atoms with Crippen LogP contribution in [0, 0.1) is 0 Å². The zero-order valence-corrected chi connectivity index (χ0v) is 9.28. The van der Waals surface area contributed by atoms with E-state index in [1.54, 1.807) is 44.3 Å². The van der Waals surface area contributed by atoms with Gasteiger partial charge in [0.2, 0.25) is 5.91 Å². The molecule has 0 heterocycles. The maximum absolute atomic E-state index is 11.2. The van der Waals surface area contributed by atoms with Gasteiger partial charge < -0.3 is 10.6 Å². The van der Waals surface area contributed by atoms with Gasteiger partial charge in [-0.2, -0.15) is 0 Å². The summed E-state index contributed by atoms with van der Waals surface area (Å²) in [4.78, 5) is 22.5. The lowest BCUT2D eigenvalue weighted by Crippen LogP contribution is -2.17. The van der Waals surface area contributed by atoms with E-state index in [1.807, 2.05) is 0 Å². The lowest BCUT2D eigenvalue weighted by molar-refractivity contribution is -0.111. The van der Waals surface area contributed by atoms with Crippen molar-refractivity contribution in [3.63, 3.8) is 0 Å². The normalized spacial score (nSPS) is 10.1. The van der Waals surface area contributed by atoms with E-state index >= 15 is 0 Å². The summed E-state index contributed by atoms with van der Waals surface area (Å²) in [5.41, 5.74) is 1.22. The molecule has 0 bridgehead atoms. The van der Waals surface area contributed by atoms with E-state index in [0.29, 0.717) is 11.3 Å². The smallest absolute Gasteiger partial charge is 0.251 e. The van der Waals surface area contributed by atoms with Crippen LogP contribution in [0.4, 0.5) is 5.69 Å². The minimum atomic E-state index is -0.185. The molecule has 0 aliphatic carbocycles. The maximum Gasteiger partial charge on any atom is 0.251 e. The summed E-state index contributed by atoms with van der Waals surface area (Å²) >= 11 is 0. The monoisotopic (exact) mass is 218 g/mol. The second-order valence-electron chi connectivity index (χ2n) is 3.15. The molecule has 2 amide bonds. The lowest BCUT2D eigenvalue weighted by Gasteiger charge is -2.03. The molecule has 0 aromatic heterocycles. The highest BCUT2D eigenvalue weighted by atomic mass is 16.2. The molecule has 0 spiro atoms. The number of carbonyl (C=O) groups is 2. The fourth-order valence-electron chi connectivity index (χ4n) is 1.18. The third-order valence-electron chi connectivity index (χ3n) is 1.96. The fraction of sp³-hybridized carbons (Fsp3) is 0.167. The van der Waals surface area contributed by atoms with Crippen molar-refractivity contribution in [2.75, 3.05) is 12.4 Å². The van der Waals surface area contributed by atoms with E-state index in [1.165, 1.54) is 6.08 Å². The second kappa shape index (κ2) is 5.70. The van der Waals surface area contributed by atoms with Crippen LogP contribution >= 0.6 is 0 Å². The van der Waals surface area contributed by atoms with Crippen molar-refractivity contribution in [1.29, 1.82) is 0 Å². The summed E-state index contributed by atoms with van der Waals surface area (Å²) in [6, 6.07) is 6.69. The molecular formula is C12H14N2O2. The van der Waals surface area contributed by atoms with E-state index < -0.39 is 0 Å². The molecule has 2 N–H and O–H groups in total. The average Bonchev–Trinajstić information content (AvgIpc) is 2.29. The quantitative estimate of drug-likeness (QED) is 0.756. The van der Waals surface area contributed by atoms with Gasteiger partial charge in [0.1, 0.15) is 0 Å². The van der Waals surface area contributed by atoms with Crippen molar-refractivity contribution >= 4 is 17.5 Å². The first-order valence-corrected chi connectivity index (χ1v) is 4.93. The first-order valence-electron chi connectivity index (χ1n) is 4.93. The lowest BCUT2D eigenvalue weighted by atomic mass is 10.2. The Balaban J connectivity index is 2.72. The summed E-state index contributed by atoms with van der Waals surface area (Å²) in [7, 11) is 1.57. The van der Waals surface area contributed by atoms with Crippen LogP contribution in [0.2, 0.25) is 0 Å². The summed E-state index contributed by atoms with van der Waals surface area (Å²) in [6.07, 6.45) is 3.10. The third kappa shape index (κ3) is 3.24. The van der Waals surface area contributed by atoms with Crippen molar-refractivity contribution in [2.24, 2.45) is 0 Å².